The molecule has 2 N–H and O–H groups in total. The maximum absolute atomic E-state index is 14.9. The van der Waals surface area contributed by atoms with Crippen molar-refractivity contribution in [2.24, 2.45) is 4.99 Å². The van der Waals surface area contributed by atoms with E-state index in [-0.39, 0.29) is 28.6 Å². The fourth-order valence-corrected chi connectivity index (χ4v) is 3.16. The number of carbonyl (C=O) groups is 1. The molecule has 0 aliphatic heterocycles. The predicted octanol–water partition coefficient (Wildman–Crippen LogP) is 6.26. The van der Waals surface area contributed by atoms with Crippen molar-refractivity contribution in [1.82, 2.24) is 0 Å². The van der Waals surface area contributed by atoms with Crippen LogP contribution in [0, 0.1) is 5.82 Å². The molecule has 0 aliphatic carbocycles. The first-order valence-electron chi connectivity index (χ1n) is 10.7. The predicted molar refractivity (Wildman–Crippen MR) is 133 cm³/mol. The Balaban J connectivity index is 2.14. The Morgan fingerprint density at radius 1 is 0.946 bits per heavy atom. The lowest BCUT2D eigenvalue weighted by Gasteiger charge is -2.17. The molecule has 0 spiro atoms. The average molecular weight is 517 g/mol. The Labute approximate surface area is 210 Å². The lowest BCUT2D eigenvalue weighted by Crippen LogP contribution is -2.23. The van der Waals surface area contributed by atoms with Crippen molar-refractivity contribution in [1.29, 1.82) is 0 Å². The number of ether oxygens (including phenoxy) is 3. The number of aliphatic imine (C=N–C) groups is 1. The Morgan fingerprint density at radius 2 is 1.70 bits per heavy atom. The fourth-order valence-electron chi connectivity index (χ4n) is 3.16. The maximum Gasteiger partial charge on any atom is 0.416 e. The molecule has 7 nitrogen and oxygen atoms in total. The van der Waals surface area contributed by atoms with Gasteiger partial charge in [0.25, 0.3) is 0 Å². The molecule has 37 heavy (non-hydrogen) atoms. The van der Waals surface area contributed by atoms with Gasteiger partial charge in [-0.3, -0.25) is 0 Å². The molecule has 3 rings (SSSR count). The van der Waals surface area contributed by atoms with E-state index in [0.29, 0.717) is 11.4 Å². The van der Waals surface area contributed by atoms with Gasteiger partial charge < -0.3 is 24.8 Å². The highest BCUT2D eigenvalue weighted by molar-refractivity contribution is 6.06. The van der Waals surface area contributed by atoms with Crippen molar-refractivity contribution in [3.8, 4) is 11.5 Å². The van der Waals surface area contributed by atoms with Crippen molar-refractivity contribution in [3.63, 3.8) is 0 Å². The van der Waals surface area contributed by atoms with Crippen LogP contribution in [0.15, 0.2) is 71.7 Å². The van der Waals surface area contributed by atoms with Crippen molar-refractivity contribution < 1.29 is 36.6 Å². The molecule has 3 aromatic carbocycles. The Bertz CT molecular complexity index is 1320. The number of hydrogen-bond donors (Lipinski definition) is 2. The summed E-state index contributed by atoms with van der Waals surface area (Å²) in [6, 6.07) is 13.6. The first-order valence-corrected chi connectivity index (χ1v) is 10.7. The summed E-state index contributed by atoms with van der Waals surface area (Å²) in [6.45, 7) is 0. The molecular weight excluding hydrogens is 494 g/mol. The van der Waals surface area contributed by atoms with E-state index in [9.17, 15) is 22.4 Å². The smallest absolute Gasteiger partial charge is 0.416 e. The number of halogens is 4. The second kappa shape index (κ2) is 11.9. The number of nitrogens with zero attached hydrogens (tertiary/aromatic N) is 1. The van der Waals surface area contributed by atoms with Gasteiger partial charge in [0.2, 0.25) is 5.96 Å². The number of benzene rings is 3. The van der Waals surface area contributed by atoms with E-state index in [4.69, 9.17) is 9.47 Å². The van der Waals surface area contributed by atoms with Crippen LogP contribution in [0.25, 0.3) is 6.08 Å². The van der Waals surface area contributed by atoms with E-state index < -0.39 is 23.5 Å². The summed E-state index contributed by atoms with van der Waals surface area (Å²) in [7, 11) is 3.96. The fraction of sp³-hybridized carbons (Fsp3) is 0.154. The topological polar surface area (TPSA) is 81.2 Å². The van der Waals surface area contributed by atoms with Gasteiger partial charge in [-0.15, -0.1) is 0 Å². The van der Waals surface area contributed by atoms with Gasteiger partial charge in [0.05, 0.1) is 32.6 Å². The number of anilines is 2. The second-order valence-corrected chi connectivity index (χ2v) is 7.39. The standard InChI is InChI=1S/C26H23F4N3O4/c1-35-19-8-5-7-18(15-19)31-25(32-21-14-17(26(28,29)30)11-12-22(21)36-2)33-24-16(6-4-9-20(24)27)10-13-23(34)37-3/h4-15H,1-3H3,(H2,31,32,33)/b13-10+. The zero-order valence-corrected chi connectivity index (χ0v) is 20.0. The minimum atomic E-state index is -4.61. The summed E-state index contributed by atoms with van der Waals surface area (Å²) >= 11 is 0. The van der Waals surface area contributed by atoms with Crippen LogP contribution in [0.2, 0.25) is 0 Å². The Morgan fingerprint density at radius 3 is 2.38 bits per heavy atom. The van der Waals surface area contributed by atoms with E-state index in [0.717, 1.165) is 30.3 Å². The van der Waals surface area contributed by atoms with Crippen molar-refractivity contribution >= 4 is 35.1 Å². The van der Waals surface area contributed by atoms with Gasteiger partial charge in [-0.2, -0.15) is 13.2 Å². The maximum atomic E-state index is 14.9. The molecule has 0 radical (unpaired) electrons. The number of hydrogen-bond acceptors (Lipinski definition) is 5. The third kappa shape index (κ3) is 7.23. The van der Waals surface area contributed by atoms with Crippen LogP contribution in [0.3, 0.4) is 0 Å². The molecule has 0 atom stereocenters. The van der Waals surface area contributed by atoms with E-state index in [1.54, 1.807) is 24.3 Å². The molecule has 0 heterocycles. The van der Waals surface area contributed by atoms with Crippen molar-refractivity contribution in [2.45, 2.75) is 6.18 Å². The van der Waals surface area contributed by atoms with Gasteiger partial charge in [0.1, 0.15) is 23.0 Å². The molecule has 11 heteroatoms. The molecule has 0 saturated heterocycles. The number of methoxy groups -OCH3 is 3. The summed E-state index contributed by atoms with van der Waals surface area (Å²) in [4.78, 5) is 15.9. The van der Waals surface area contributed by atoms with Gasteiger partial charge in [-0.25, -0.2) is 14.2 Å². The van der Waals surface area contributed by atoms with Crippen LogP contribution in [-0.2, 0) is 15.7 Å². The molecule has 194 valence electrons. The Kier molecular flexibility index (Phi) is 8.72. The van der Waals surface area contributed by atoms with Crippen molar-refractivity contribution in [3.05, 3.63) is 83.7 Å². The zero-order valence-electron chi connectivity index (χ0n) is 20.0. The van der Waals surface area contributed by atoms with E-state index in [1.807, 2.05) is 0 Å². The molecule has 0 aromatic heterocycles. The lowest BCUT2D eigenvalue weighted by atomic mass is 10.1. The van der Waals surface area contributed by atoms with Crippen LogP contribution in [0.5, 0.6) is 11.5 Å². The van der Waals surface area contributed by atoms with Gasteiger partial charge in [0, 0.05) is 23.4 Å². The van der Waals surface area contributed by atoms with Crippen LogP contribution in [0.1, 0.15) is 11.1 Å². The number of guanidine groups is 1. The molecule has 0 unspecified atom stereocenters. The van der Waals surface area contributed by atoms with Crippen LogP contribution in [-0.4, -0.2) is 33.3 Å². The SMILES string of the molecule is COC(=O)/C=C/c1cccc(F)c1N=C(Nc1cccc(OC)c1)Nc1cc(C(F)(F)F)ccc1OC. The first-order chi connectivity index (χ1) is 17.6. The number of carbonyl (C=O) groups excluding carboxylic acids is 1. The van der Waals surface area contributed by atoms with E-state index >= 15 is 0 Å². The largest absolute Gasteiger partial charge is 0.497 e. The van der Waals surface area contributed by atoms with Crippen LogP contribution in [0.4, 0.5) is 34.6 Å². The highest BCUT2D eigenvalue weighted by Crippen LogP contribution is 2.35. The minimum absolute atomic E-state index is 0.0746. The van der Waals surface area contributed by atoms with Crippen molar-refractivity contribution in [2.75, 3.05) is 32.0 Å². The summed E-state index contributed by atoms with van der Waals surface area (Å²) in [5, 5.41) is 5.70. The summed E-state index contributed by atoms with van der Waals surface area (Å²) < 4.78 is 70.0. The number of alkyl halides is 3. The van der Waals surface area contributed by atoms with E-state index in [1.165, 1.54) is 39.5 Å². The highest BCUT2D eigenvalue weighted by Gasteiger charge is 2.31. The quantitative estimate of drug-likeness (QED) is 0.127. The normalized spacial score (nSPS) is 11.8. The molecule has 0 saturated carbocycles. The van der Waals surface area contributed by atoms with Gasteiger partial charge in [-0.1, -0.05) is 18.2 Å². The summed E-state index contributed by atoms with van der Waals surface area (Å²) in [6.07, 6.45) is -2.22. The number of para-hydroxylation sites is 1. The van der Waals surface area contributed by atoms with Gasteiger partial charge >= 0.3 is 12.1 Å². The molecule has 0 bridgehead atoms. The van der Waals surface area contributed by atoms with Crippen LogP contribution < -0.4 is 20.1 Å². The number of esters is 1. The number of rotatable bonds is 7. The third-order valence-electron chi connectivity index (χ3n) is 4.95. The molecule has 0 amide bonds. The summed E-state index contributed by atoms with van der Waals surface area (Å²) in [5.74, 6) is -0.958. The molecule has 0 aliphatic rings. The Hall–Kier alpha value is -4.54. The number of nitrogens with one attached hydrogen (secondary N) is 2. The molecular formula is C26H23F4N3O4. The van der Waals surface area contributed by atoms with Gasteiger partial charge in [0.15, 0.2) is 0 Å². The monoisotopic (exact) mass is 517 g/mol. The zero-order chi connectivity index (χ0) is 27.0. The summed E-state index contributed by atoms with van der Waals surface area (Å²) in [5.41, 5.74) is -0.530. The first kappa shape index (κ1) is 27.1. The van der Waals surface area contributed by atoms with Crippen LogP contribution >= 0.6 is 0 Å². The lowest BCUT2D eigenvalue weighted by molar-refractivity contribution is -0.137. The highest BCUT2D eigenvalue weighted by atomic mass is 19.4. The second-order valence-electron chi connectivity index (χ2n) is 7.39. The van der Waals surface area contributed by atoms with E-state index in [2.05, 4.69) is 20.4 Å². The molecule has 3 aromatic rings. The van der Waals surface area contributed by atoms with Gasteiger partial charge in [-0.05, 0) is 42.5 Å². The minimum Gasteiger partial charge on any atom is -0.497 e. The third-order valence-corrected chi connectivity index (χ3v) is 4.95. The average Bonchev–Trinajstić information content (AvgIpc) is 2.88. The molecule has 0 fully saturated rings.